The second-order valence-electron chi connectivity index (χ2n) is 8.38. The molecule has 0 saturated carbocycles. The number of hydrogen-bond donors (Lipinski definition) is 2. The molecule has 4 aromatic carbocycles. The van der Waals surface area contributed by atoms with Crippen molar-refractivity contribution in [1.29, 1.82) is 0 Å². The van der Waals surface area contributed by atoms with Crippen LogP contribution in [-0.4, -0.2) is 40.1 Å². The Hall–Kier alpha value is -5.50. The van der Waals surface area contributed by atoms with E-state index in [0.29, 0.717) is 22.8 Å². The zero-order valence-corrected chi connectivity index (χ0v) is 20.0. The fourth-order valence-corrected chi connectivity index (χ4v) is 3.95. The molecule has 0 aliphatic rings. The van der Waals surface area contributed by atoms with Crippen LogP contribution in [0, 0.1) is 0 Å². The number of hydrogen-bond acceptors (Lipinski definition) is 8. The standard InChI is InChI=1S/C30H20N6O2/c37-23-17-9-7-15-21(23)27-31-25(19-11-3-1-4-12-19)33-29(35-27)30-34-26(20-13-5-2-6-14-20)32-28(36-30)22-16-8-10-18-24(22)38/h1-18,37-38H. The molecule has 2 heterocycles. The summed E-state index contributed by atoms with van der Waals surface area (Å²) in [7, 11) is 0. The summed E-state index contributed by atoms with van der Waals surface area (Å²) in [5, 5.41) is 21.1. The van der Waals surface area contributed by atoms with Crippen LogP contribution in [0.4, 0.5) is 0 Å². The molecule has 182 valence electrons. The predicted octanol–water partition coefficient (Wildman–Crippen LogP) is 5.80. The van der Waals surface area contributed by atoms with Crippen molar-refractivity contribution in [2.24, 2.45) is 0 Å². The highest BCUT2D eigenvalue weighted by Gasteiger charge is 2.19. The zero-order valence-electron chi connectivity index (χ0n) is 20.0. The molecule has 8 heteroatoms. The normalized spacial score (nSPS) is 10.8. The van der Waals surface area contributed by atoms with Gasteiger partial charge >= 0.3 is 0 Å². The third-order valence-electron chi connectivity index (χ3n) is 5.82. The summed E-state index contributed by atoms with van der Waals surface area (Å²) >= 11 is 0. The summed E-state index contributed by atoms with van der Waals surface area (Å²) in [4.78, 5) is 28.0. The maximum Gasteiger partial charge on any atom is 0.202 e. The van der Waals surface area contributed by atoms with Crippen LogP contribution in [0.15, 0.2) is 109 Å². The molecule has 0 radical (unpaired) electrons. The average molecular weight is 497 g/mol. The quantitative estimate of drug-likeness (QED) is 0.307. The van der Waals surface area contributed by atoms with E-state index < -0.39 is 0 Å². The van der Waals surface area contributed by atoms with Gasteiger partial charge in [0, 0.05) is 11.1 Å². The first-order valence-electron chi connectivity index (χ1n) is 11.9. The maximum atomic E-state index is 10.5. The SMILES string of the molecule is Oc1ccccc1-c1nc(-c2ccccc2)nc(-c2nc(-c3ccccc3)nc(-c3ccccc3O)n2)n1. The summed E-state index contributed by atoms with van der Waals surface area (Å²) in [6.07, 6.45) is 0. The zero-order chi connectivity index (χ0) is 25.9. The molecule has 0 saturated heterocycles. The summed E-state index contributed by atoms with van der Waals surface area (Å²) < 4.78 is 0. The second kappa shape index (κ2) is 9.87. The van der Waals surface area contributed by atoms with Crippen LogP contribution < -0.4 is 0 Å². The highest BCUT2D eigenvalue weighted by molar-refractivity contribution is 5.71. The fourth-order valence-electron chi connectivity index (χ4n) is 3.95. The molecular formula is C30H20N6O2. The number of phenols is 2. The Morgan fingerprint density at radius 3 is 1.03 bits per heavy atom. The summed E-state index contributed by atoms with van der Waals surface area (Å²) in [5.74, 6) is 1.84. The largest absolute Gasteiger partial charge is 0.507 e. The first kappa shape index (κ1) is 22.9. The lowest BCUT2D eigenvalue weighted by Gasteiger charge is -2.11. The highest BCUT2D eigenvalue weighted by atomic mass is 16.3. The van der Waals surface area contributed by atoms with E-state index in [1.165, 1.54) is 0 Å². The maximum absolute atomic E-state index is 10.5. The smallest absolute Gasteiger partial charge is 0.202 e. The van der Waals surface area contributed by atoms with Gasteiger partial charge in [-0.1, -0.05) is 84.9 Å². The monoisotopic (exact) mass is 496 g/mol. The van der Waals surface area contributed by atoms with Gasteiger partial charge in [-0.05, 0) is 24.3 Å². The van der Waals surface area contributed by atoms with Gasteiger partial charge in [0.1, 0.15) is 11.5 Å². The topological polar surface area (TPSA) is 118 Å². The Labute approximate surface area is 218 Å². The molecule has 0 fully saturated rings. The third kappa shape index (κ3) is 4.54. The molecule has 0 spiro atoms. The van der Waals surface area contributed by atoms with Gasteiger partial charge in [0.2, 0.25) is 11.6 Å². The molecular weight excluding hydrogens is 476 g/mol. The lowest BCUT2D eigenvalue weighted by molar-refractivity contribution is 0.476. The van der Waals surface area contributed by atoms with Crippen molar-refractivity contribution in [3.05, 3.63) is 109 Å². The van der Waals surface area contributed by atoms with Crippen LogP contribution >= 0.6 is 0 Å². The molecule has 0 aliphatic carbocycles. The molecule has 0 unspecified atom stereocenters. The van der Waals surface area contributed by atoms with Crippen LogP contribution in [-0.2, 0) is 0 Å². The summed E-state index contributed by atoms with van der Waals surface area (Å²) in [6.45, 7) is 0. The minimum atomic E-state index is 0.0409. The number of benzene rings is 4. The van der Waals surface area contributed by atoms with Crippen molar-refractivity contribution in [2.45, 2.75) is 0 Å². The number of aromatic nitrogens is 6. The number of para-hydroxylation sites is 2. The van der Waals surface area contributed by atoms with Gasteiger partial charge in [-0.25, -0.2) is 29.9 Å². The first-order chi connectivity index (χ1) is 18.7. The van der Waals surface area contributed by atoms with Crippen molar-refractivity contribution in [3.63, 3.8) is 0 Å². The lowest BCUT2D eigenvalue weighted by atomic mass is 10.1. The van der Waals surface area contributed by atoms with Gasteiger partial charge in [0.25, 0.3) is 0 Å². The third-order valence-corrected chi connectivity index (χ3v) is 5.82. The average Bonchev–Trinajstić information content (AvgIpc) is 2.98. The molecule has 0 aliphatic heterocycles. The van der Waals surface area contributed by atoms with Gasteiger partial charge in [0.15, 0.2) is 23.3 Å². The van der Waals surface area contributed by atoms with Crippen LogP contribution in [0.5, 0.6) is 11.5 Å². The van der Waals surface area contributed by atoms with E-state index in [4.69, 9.17) is 9.97 Å². The Bertz CT molecular complexity index is 1610. The van der Waals surface area contributed by atoms with Crippen molar-refractivity contribution in [2.75, 3.05) is 0 Å². The molecule has 38 heavy (non-hydrogen) atoms. The molecule has 6 rings (SSSR count). The van der Waals surface area contributed by atoms with E-state index in [-0.39, 0.29) is 34.8 Å². The van der Waals surface area contributed by atoms with E-state index in [2.05, 4.69) is 19.9 Å². The van der Waals surface area contributed by atoms with Crippen molar-refractivity contribution in [3.8, 4) is 68.7 Å². The van der Waals surface area contributed by atoms with E-state index in [1.807, 2.05) is 60.7 Å². The minimum absolute atomic E-state index is 0.0409. The van der Waals surface area contributed by atoms with Crippen molar-refractivity contribution >= 4 is 0 Å². The molecule has 6 aromatic rings. The number of phenolic OH excluding ortho intramolecular Hbond substituents is 2. The van der Waals surface area contributed by atoms with Crippen molar-refractivity contribution in [1.82, 2.24) is 29.9 Å². The molecule has 0 atom stereocenters. The van der Waals surface area contributed by atoms with Crippen LogP contribution in [0.1, 0.15) is 0 Å². The van der Waals surface area contributed by atoms with E-state index in [0.717, 1.165) is 11.1 Å². The van der Waals surface area contributed by atoms with Crippen LogP contribution in [0.25, 0.3) is 57.2 Å². The Morgan fingerprint density at radius 1 is 0.316 bits per heavy atom. The summed E-state index contributed by atoms with van der Waals surface area (Å²) in [5.41, 5.74) is 2.44. The fraction of sp³-hybridized carbons (Fsp3) is 0. The van der Waals surface area contributed by atoms with E-state index in [1.54, 1.807) is 48.5 Å². The Balaban J connectivity index is 1.61. The van der Waals surface area contributed by atoms with Gasteiger partial charge in [-0.3, -0.25) is 0 Å². The van der Waals surface area contributed by atoms with Gasteiger partial charge in [0.05, 0.1) is 11.1 Å². The Kier molecular flexibility index (Phi) is 5.95. The molecule has 0 bridgehead atoms. The molecule has 0 amide bonds. The highest BCUT2D eigenvalue weighted by Crippen LogP contribution is 2.31. The molecule has 2 N–H and O–H groups in total. The van der Waals surface area contributed by atoms with Crippen LogP contribution in [0.3, 0.4) is 0 Å². The first-order valence-corrected chi connectivity index (χ1v) is 11.9. The lowest BCUT2D eigenvalue weighted by Crippen LogP contribution is -2.05. The van der Waals surface area contributed by atoms with Crippen LogP contribution in [0.2, 0.25) is 0 Å². The second-order valence-corrected chi connectivity index (χ2v) is 8.38. The number of rotatable bonds is 5. The number of aromatic hydroxyl groups is 2. The Morgan fingerprint density at radius 2 is 0.632 bits per heavy atom. The summed E-state index contributed by atoms with van der Waals surface area (Å²) in [6, 6.07) is 32.7. The van der Waals surface area contributed by atoms with Gasteiger partial charge < -0.3 is 10.2 Å². The molecule has 8 nitrogen and oxygen atoms in total. The van der Waals surface area contributed by atoms with Gasteiger partial charge in [-0.15, -0.1) is 0 Å². The van der Waals surface area contributed by atoms with Crippen molar-refractivity contribution < 1.29 is 10.2 Å². The minimum Gasteiger partial charge on any atom is -0.507 e. The van der Waals surface area contributed by atoms with E-state index >= 15 is 0 Å². The number of nitrogens with zero attached hydrogens (tertiary/aromatic N) is 6. The van der Waals surface area contributed by atoms with E-state index in [9.17, 15) is 10.2 Å². The molecule has 2 aromatic heterocycles. The van der Waals surface area contributed by atoms with Gasteiger partial charge in [-0.2, -0.15) is 0 Å². The predicted molar refractivity (Wildman–Crippen MR) is 144 cm³/mol.